The maximum atomic E-state index is 13.7. The van der Waals surface area contributed by atoms with E-state index in [4.69, 9.17) is 9.88 Å². The second-order valence-corrected chi connectivity index (χ2v) is 5.78. The Morgan fingerprint density at radius 1 is 1.33 bits per heavy atom. The minimum atomic E-state index is -3.86. The van der Waals surface area contributed by atoms with Crippen LogP contribution < -0.4 is 10.5 Å². The molecule has 0 amide bonds. The zero-order chi connectivity index (χ0) is 13.2. The minimum Gasteiger partial charge on any atom is -0.381 e. The van der Waals surface area contributed by atoms with E-state index in [-0.39, 0.29) is 16.6 Å². The van der Waals surface area contributed by atoms with Gasteiger partial charge in [0.05, 0.1) is 10.6 Å². The molecule has 0 spiro atoms. The number of benzene rings is 1. The molecule has 0 saturated carbocycles. The number of ether oxygens (including phenoxy) is 1. The normalized spacial score (nSPS) is 17.7. The summed E-state index contributed by atoms with van der Waals surface area (Å²) in [6.07, 6.45) is 1.60. The molecule has 1 heterocycles. The number of hydrogen-bond acceptors (Lipinski definition) is 4. The fourth-order valence-electron chi connectivity index (χ4n) is 1.85. The van der Waals surface area contributed by atoms with Crippen molar-refractivity contribution >= 4 is 15.7 Å². The molecule has 1 saturated heterocycles. The van der Waals surface area contributed by atoms with Crippen LogP contribution in [0.25, 0.3) is 0 Å². The van der Waals surface area contributed by atoms with Gasteiger partial charge in [-0.1, -0.05) is 0 Å². The van der Waals surface area contributed by atoms with Gasteiger partial charge in [0, 0.05) is 19.3 Å². The quantitative estimate of drug-likeness (QED) is 0.863. The van der Waals surface area contributed by atoms with E-state index in [0.29, 0.717) is 13.2 Å². The fourth-order valence-corrected chi connectivity index (χ4v) is 2.38. The largest absolute Gasteiger partial charge is 0.381 e. The Morgan fingerprint density at radius 3 is 2.56 bits per heavy atom. The molecule has 0 atom stereocenters. The first kappa shape index (κ1) is 13.3. The first-order valence-corrected chi connectivity index (χ1v) is 7.18. The van der Waals surface area contributed by atoms with E-state index in [2.05, 4.69) is 5.32 Å². The van der Waals surface area contributed by atoms with Crippen molar-refractivity contribution in [2.75, 3.05) is 18.5 Å². The summed E-state index contributed by atoms with van der Waals surface area (Å²) in [4.78, 5) is -0.225. The predicted octanol–water partition coefficient (Wildman–Crippen LogP) is 1.06. The van der Waals surface area contributed by atoms with Gasteiger partial charge >= 0.3 is 0 Å². The third kappa shape index (κ3) is 3.18. The van der Waals surface area contributed by atoms with Gasteiger partial charge in [0.1, 0.15) is 5.82 Å². The molecule has 1 aliphatic rings. The number of primary sulfonamides is 1. The average molecular weight is 274 g/mol. The van der Waals surface area contributed by atoms with Crippen molar-refractivity contribution in [3.8, 4) is 0 Å². The highest BCUT2D eigenvalue weighted by Crippen LogP contribution is 2.21. The summed E-state index contributed by atoms with van der Waals surface area (Å²) < 4.78 is 41.0. The van der Waals surface area contributed by atoms with Crippen LogP contribution in [-0.4, -0.2) is 27.7 Å². The monoisotopic (exact) mass is 274 g/mol. The van der Waals surface area contributed by atoms with Crippen molar-refractivity contribution < 1.29 is 17.5 Å². The van der Waals surface area contributed by atoms with Crippen LogP contribution in [-0.2, 0) is 14.8 Å². The highest BCUT2D eigenvalue weighted by Gasteiger charge is 2.16. The lowest BCUT2D eigenvalue weighted by atomic mass is 10.1. The summed E-state index contributed by atoms with van der Waals surface area (Å²) in [7, 11) is -3.86. The molecule has 18 heavy (non-hydrogen) atoms. The highest BCUT2D eigenvalue weighted by molar-refractivity contribution is 7.89. The Balaban J connectivity index is 2.14. The molecule has 1 aliphatic heterocycles. The molecular weight excluding hydrogens is 259 g/mol. The molecule has 0 unspecified atom stereocenters. The molecule has 7 heteroatoms. The predicted molar refractivity (Wildman–Crippen MR) is 65.2 cm³/mol. The summed E-state index contributed by atoms with van der Waals surface area (Å²) in [6.45, 7) is 1.29. The van der Waals surface area contributed by atoms with Gasteiger partial charge < -0.3 is 10.1 Å². The second kappa shape index (κ2) is 5.21. The van der Waals surface area contributed by atoms with Gasteiger partial charge in [-0.05, 0) is 31.0 Å². The molecule has 1 aromatic carbocycles. The summed E-state index contributed by atoms with van der Waals surface area (Å²) in [5, 5.41) is 7.97. The molecular formula is C11H15FN2O3S. The highest BCUT2D eigenvalue weighted by atomic mass is 32.2. The zero-order valence-corrected chi connectivity index (χ0v) is 10.5. The maximum absolute atomic E-state index is 13.7. The van der Waals surface area contributed by atoms with Crippen LogP contribution in [0.4, 0.5) is 10.1 Å². The van der Waals surface area contributed by atoms with Crippen LogP contribution in [0.15, 0.2) is 23.1 Å². The van der Waals surface area contributed by atoms with Crippen LogP contribution in [0.5, 0.6) is 0 Å². The van der Waals surface area contributed by atoms with Crippen molar-refractivity contribution in [3.63, 3.8) is 0 Å². The molecule has 0 radical (unpaired) electrons. The summed E-state index contributed by atoms with van der Waals surface area (Å²) in [5.74, 6) is -0.618. The van der Waals surface area contributed by atoms with E-state index in [1.807, 2.05) is 0 Å². The molecule has 5 nitrogen and oxygen atoms in total. The van der Waals surface area contributed by atoms with E-state index in [9.17, 15) is 12.8 Å². The van der Waals surface area contributed by atoms with Gasteiger partial charge in [-0.3, -0.25) is 0 Å². The Labute approximate surface area is 105 Å². The number of rotatable bonds is 3. The second-order valence-electron chi connectivity index (χ2n) is 4.22. The SMILES string of the molecule is NS(=O)(=O)c1ccc(NC2CCOCC2)c(F)c1. The first-order valence-electron chi connectivity index (χ1n) is 5.63. The van der Waals surface area contributed by atoms with Gasteiger partial charge in [-0.25, -0.2) is 17.9 Å². The van der Waals surface area contributed by atoms with Gasteiger partial charge in [0.25, 0.3) is 0 Å². The van der Waals surface area contributed by atoms with Crippen molar-refractivity contribution in [2.24, 2.45) is 5.14 Å². The third-order valence-electron chi connectivity index (χ3n) is 2.85. The number of nitrogens with two attached hydrogens (primary N) is 1. The number of sulfonamides is 1. The summed E-state index contributed by atoms with van der Waals surface area (Å²) in [6, 6.07) is 3.76. The Hall–Kier alpha value is -1.18. The lowest BCUT2D eigenvalue weighted by Crippen LogP contribution is -2.28. The Morgan fingerprint density at radius 2 is 2.00 bits per heavy atom. The molecule has 0 aliphatic carbocycles. The molecule has 3 N–H and O–H groups in total. The van der Waals surface area contributed by atoms with E-state index in [0.717, 1.165) is 18.9 Å². The molecule has 0 bridgehead atoms. The van der Waals surface area contributed by atoms with Crippen LogP contribution in [0.2, 0.25) is 0 Å². The number of halogens is 1. The average Bonchev–Trinajstić information content (AvgIpc) is 2.32. The summed E-state index contributed by atoms with van der Waals surface area (Å²) >= 11 is 0. The lowest BCUT2D eigenvalue weighted by molar-refractivity contribution is 0.0904. The Kier molecular flexibility index (Phi) is 3.84. The molecule has 1 aromatic rings. The first-order chi connectivity index (χ1) is 8.47. The van der Waals surface area contributed by atoms with E-state index in [1.54, 1.807) is 0 Å². The standard InChI is InChI=1S/C11H15FN2O3S/c12-10-7-9(18(13,15)16)1-2-11(10)14-8-3-5-17-6-4-8/h1-2,7-8,14H,3-6H2,(H2,13,15,16). The van der Waals surface area contributed by atoms with Gasteiger partial charge in [-0.2, -0.15) is 0 Å². The molecule has 100 valence electrons. The third-order valence-corrected chi connectivity index (χ3v) is 3.76. The molecule has 2 rings (SSSR count). The van der Waals surface area contributed by atoms with Crippen LogP contribution >= 0.6 is 0 Å². The molecule has 0 aromatic heterocycles. The van der Waals surface area contributed by atoms with Gasteiger partial charge in [0.15, 0.2) is 0 Å². The number of nitrogens with one attached hydrogen (secondary N) is 1. The topological polar surface area (TPSA) is 81.4 Å². The maximum Gasteiger partial charge on any atom is 0.238 e. The smallest absolute Gasteiger partial charge is 0.238 e. The van der Waals surface area contributed by atoms with Crippen molar-refractivity contribution in [2.45, 2.75) is 23.8 Å². The lowest BCUT2D eigenvalue weighted by Gasteiger charge is -2.24. The fraction of sp³-hybridized carbons (Fsp3) is 0.455. The van der Waals surface area contributed by atoms with Crippen LogP contribution in [0.3, 0.4) is 0 Å². The minimum absolute atomic E-state index is 0.147. The Bertz CT molecular complexity index is 527. The molecule has 1 fully saturated rings. The van der Waals surface area contributed by atoms with Gasteiger partial charge in [-0.15, -0.1) is 0 Å². The van der Waals surface area contributed by atoms with Crippen molar-refractivity contribution in [1.82, 2.24) is 0 Å². The van der Waals surface area contributed by atoms with Crippen LogP contribution in [0, 0.1) is 5.82 Å². The van der Waals surface area contributed by atoms with Crippen LogP contribution in [0.1, 0.15) is 12.8 Å². The van der Waals surface area contributed by atoms with Crippen molar-refractivity contribution in [3.05, 3.63) is 24.0 Å². The van der Waals surface area contributed by atoms with E-state index in [1.165, 1.54) is 12.1 Å². The van der Waals surface area contributed by atoms with E-state index >= 15 is 0 Å². The van der Waals surface area contributed by atoms with Gasteiger partial charge in [0.2, 0.25) is 10.0 Å². The zero-order valence-electron chi connectivity index (χ0n) is 9.73. The van der Waals surface area contributed by atoms with E-state index < -0.39 is 15.8 Å². The number of hydrogen-bond donors (Lipinski definition) is 2. The number of anilines is 1. The van der Waals surface area contributed by atoms with Crippen molar-refractivity contribution in [1.29, 1.82) is 0 Å². The summed E-state index contributed by atoms with van der Waals surface area (Å²) in [5.41, 5.74) is 0.286.